The SMILES string of the molecule is CC[C@H](C(=O)N[C@@H](C)CC)n1nc(-c2ccccc2)c2cc(Cl)ccc21. The van der Waals surface area contributed by atoms with E-state index in [4.69, 9.17) is 16.7 Å². The predicted molar refractivity (Wildman–Crippen MR) is 107 cm³/mol. The number of halogens is 1. The fraction of sp³-hybridized carbons (Fsp3) is 0.333. The molecule has 1 amide bonds. The van der Waals surface area contributed by atoms with Crippen LogP contribution in [0.25, 0.3) is 22.2 Å². The smallest absolute Gasteiger partial charge is 0.245 e. The molecule has 1 heterocycles. The normalized spacial score (nSPS) is 13.5. The molecule has 3 aromatic rings. The largest absolute Gasteiger partial charge is 0.352 e. The number of aromatic nitrogens is 2. The molecule has 0 radical (unpaired) electrons. The molecule has 5 heteroatoms. The maximum absolute atomic E-state index is 12.8. The van der Waals surface area contributed by atoms with Crippen LogP contribution in [0.15, 0.2) is 48.5 Å². The average molecular weight is 370 g/mol. The van der Waals surface area contributed by atoms with E-state index in [9.17, 15) is 4.79 Å². The Balaban J connectivity index is 2.12. The summed E-state index contributed by atoms with van der Waals surface area (Å²) in [5, 5.41) is 9.52. The molecule has 4 nitrogen and oxygen atoms in total. The first kappa shape index (κ1) is 18.5. The second-order valence-electron chi connectivity index (χ2n) is 6.56. The third-order valence-electron chi connectivity index (χ3n) is 4.70. The minimum Gasteiger partial charge on any atom is -0.352 e. The lowest BCUT2D eigenvalue weighted by Gasteiger charge is -2.19. The van der Waals surface area contributed by atoms with Crippen LogP contribution >= 0.6 is 11.6 Å². The van der Waals surface area contributed by atoms with Gasteiger partial charge in [0, 0.05) is 22.0 Å². The number of hydrogen-bond acceptors (Lipinski definition) is 2. The predicted octanol–water partition coefficient (Wildman–Crippen LogP) is 5.22. The van der Waals surface area contributed by atoms with Gasteiger partial charge in [-0.25, -0.2) is 0 Å². The van der Waals surface area contributed by atoms with Crippen LogP contribution in [0.5, 0.6) is 0 Å². The molecule has 1 N–H and O–H groups in total. The molecule has 0 aliphatic carbocycles. The van der Waals surface area contributed by atoms with Crippen molar-refractivity contribution in [3.8, 4) is 11.3 Å². The molecule has 26 heavy (non-hydrogen) atoms. The minimum atomic E-state index is -0.356. The van der Waals surface area contributed by atoms with Crippen molar-refractivity contribution in [1.29, 1.82) is 0 Å². The fourth-order valence-corrected chi connectivity index (χ4v) is 3.24. The van der Waals surface area contributed by atoms with Gasteiger partial charge in [-0.15, -0.1) is 0 Å². The highest BCUT2D eigenvalue weighted by Crippen LogP contribution is 2.32. The van der Waals surface area contributed by atoms with E-state index in [0.29, 0.717) is 11.4 Å². The van der Waals surface area contributed by atoms with Gasteiger partial charge in [0.1, 0.15) is 11.7 Å². The Morgan fingerprint density at radius 3 is 2.54 bits per heavy atom. The van der Waals surface area contributed by atoms with Gasteiger partial charge in [-0.05, 0) is 38.0 Å². The van der Waals surface area contributed by atoms with Gasteiger partial charge in [0.25, 0.3) is 0 Å². The average Bonchev–Trinajstić information content (AvgIpc) is 3.01. The summed E-state index contributed by atoms with van der Waals surface area (Å²) in [6.07, 6.45) is 1.56. The van der Waals surface area contributed by atoms with Gasteiger partial charge in [0.15, 0.2) is 0 Å². The van der Waals surface area contributed by atoms with Crippen LogP contribution in [-0.4, -0.2) is 21.7 Å². The summed E-state index contributed by atoms with van der Waals surface area (Å²) in [6, 6.07) is 15.5. The van der Waals surface area contributed by atoms with Crippen molar-refractivity contribution in [3.05, 3.63) is 53.6 Å². The first-order chi connectivity index (χ1) is 12.5. The maximum atomic E-state index is 12.8. The highest BCUT2D eigenvalue weighted by atomic mass is 35.5. The number of carbonyl (C=O) groups excluding carboxylic acids is 1. The van der Waals surface area contributed by atoms with Crippen LogP contribution in [0, 0.1) is 0 Å². The maximum Gasteiger partial charge on any atom is 0.245 e. The molecule has 0 bridgehead atoms. The minimum absolute atomic E-state index is 0.000752. The zero-order chi connectivity index (χ0) is 18.7. The third kappa shape index (κ3) is 3.61. The highest BCUT2D eigenvalue weighted by Gasteiger charge is 2.24. The topological polar surface area (TPSA) is 46.9 Å². The van der Waals surface area contributed by atoms with Crippen molar-refractivity contribution in [3.63, 3.8) is 0 Å². The van der Waals surface area contributed by atoms with Crippen molar-refractivity contribution in [2.75, 3.05) is 0 Å². The first-order valence-electron chi connectivity index (χ1n) is 9.08. The molecule has 136 valence electrons. The van der Waals surface area contributed by atoms with Crippen molar-refractivity contribution < 1.29 is 4.79 Å². The van der Waals surface area contributed by atoms with E-state index in [0.717, 1.165) is 28.6 Å². The standard InChI is InChI=1S/C21H24ClN3O/c1-4-14(3)23-21(26)18(5-2)25-19-12-11-16(22)13-17(19)20(24-25)15-9-7-6-8-10-15/h6-14,18H,4-5H2,1-3H3,(H,23,26)/t14-,18+/m0/s1. The molecule has 2 aromatic carbocycles. The molecule has 0 fully saturated rings. The van der Waals surface area contributed by atoms with Gasteiger partial charge >= 0.3 is 0 Å². The molecule has 2 atom stereocenters. The monoisotopic (exact) mass is 369 g/mol. The van der Waals surface area contributed by atoms with E-state index in [1.807, 2.05) is 67.1 Å². The summed E-state index contributed by atoms with van der Waals surface area (Å²) in [7, 11) is 0. The molecule has 0 saturated heterocycles. The second kappa shape index (κ2) is 7.92. The summed E-state index contributed by atoms with van der Waals surface area (Å²) in [4.78, 5) is 12.8. The van der Waals surface area contributed by atoms with Gasteiger partial charge in [0.2, 0.25) is 5.91 Å². The Kier molecular flexibility index (Phi) is 5.62. The van der Waals surface area contributed by atoms with Crippen molar-refractivity contribution >= 4 is 28.4 Å². The quantitative estimate of drug-likeness (QED) is 0.647. The number of nitrogens with zero attached hydrogens (tertiary/aromatic N) is 2. The van der Waals surface area contributed by atoms with Crippen LogP contribution in [-0.2, 0) is 4.79 Å². The van der Waals surface area contributed by atoms with Gasteiger partial charge in [0.05, 0.1) is 5.52 Å². The summed E-state index contributed by atoms with van der Waals surface area (Å²) in [5.74, 6) is 0.000752. The summed E-state index contributed by atoms with van der Waals surface area (Å²) < 4.78 is 1.84. The number of amides is 1. The van der Waals surface area contributed by atoms with Crippen molar-refractivity contribution in [2.45, 2.75) is 45.7 Å². The lowest BCUT2D eigenvalue weighted by atomic mass is 10.1. The Morgan fingerprint density at radius 2 is 1.88 bits per heavy atom. The summed E-state index contributed by atoms with van der Waals surface area (Å²) >= 11 is 6.23. The van der Waals surface area contributed by atoms with E-state index in [-0.39, 0.29) is 18.0 Å². The van der Waals surface area contributed by atoms with E-state index in [2.05, 4.69) is 12.2 Å². The molecule has 0 spiro atoms. The van der Waals surface area contributed by atoms with Crippen LogP contribution in [0.3, 0.4) is 0 Å². The zero-order valence-electron chi connectivity index (χ0n) is 15.4. The lowest BCUT2D eigenvalue weighted by Crippen LogP contribution is -2.38. The number of hydrogen-bond donors (Lipinski definition) is 1. The number of rotatable bonds is 6. The Hall–Kier alpha value is -2.33. The molecule has 0 unspecified atom stereocenters. The van der Waals surface area contributed by atoms with Crippen LogP contribution in [0.2, 0.25) is 5.02 Å². The highest BCUT2D eigenvalue weighted by molar-refractivity contribution is 6.31. The summed E-state index contributed by atoms with van der Waals surface area (Å²) in [5.41, 5.74) is 2.77. The van der Waals surface area contributed by atoms with E-state index in [1.54, 1.807) is 0 Å². The molecule has 1 aromatic heterocycles. The van der Waals surface area contributed by atoms with Gasteiger partial charge in [-0.3, -0.25) is 9.48 Å². The van der Waals surface area contributed by atoms with E-state index < -0.39 is 0 Å². The molecular weight excluding hydrogens is 346 g/mol. The van der Waals surface area contributed by atoms with E-state index >= 15 is 0 Å². The van der Waals surface area contributed by atoms with E-state index in [1.165, 1.54) is 0 Å². The first-order valence-corrected chi connectivity index (χ1v) is 9.46. The van der Waals surface area contributed by atoms with Gasteiger partial charge < -0.3 is 5.32 Å². The zero-order valence-corrected chi connectivity index (χ0v) is 16.1. The van der Waals surface area contributed by atoms with Crippen molar-refractivity contribution in [1.82, 2.24) is 15.1 Å². The Labute approximate surface area is 159 Å². The Morgan fingerprint density at radius 1 is 1.15 bits per heavy atom. The molecule has 3 rings (SSSR count). The van der Waals surface area contributed by atoms with Crippen LogP contribution in [0.1, 0.15) is 39.7 Å². The molecule has 0 saturated carbocycles. The summed E-state index contributed by atoms with van der Waals surface area (Å²) in [6.45, 7) is 6.08. The van der Waals surface area contributed by atoms with Crippen LogP contribution in [0.4, 0.5) is 0 Å². The number of nitrogens with one attached hydrogen (secondary N) is 1. The number of fused-ring (bicyclic) bond motifs is 1. The molecule has 0 aliphatic heterocycles. The van der Waals surface area contributed by atoms with Crippen molar-refractivity contribution in [2.24, 2.45) is 0 Å². The fourth-order valence-electron chi connectivity index (χ4n) is 3.07. The number of carbonyl (C=O) groups is 1. The number of benzene rings is 2. The third-order valence-corrected chi connectivity index (χ3v) is 4.94. The molecule has 0 aliphatic rings. The van der Waals surface area contributed by atoms with Crippen LogP contribution < -0.4 is 5.32 Å². The lowest BCUT2D eigenvalue weighted by molar-refractivity contribution is -0.125. The van der Waals surface area contributed by atoms with Gasteiger partial charge in [-0.1, -0.05) is 55.8 Å². The Bertz CT molecular complexity index is 904. The molecular formula is C21H24ClN3O. The van der Waals surface area contributed by atoms with Gasteiger partial charge in [-0.2, -0.15) is 5.10 Å². The second-order valence-corrected chi connectivity index (χ2v) is 7.00.